The van der Waals surface area contributed by atoms with Gasteiger partial charge in [0, 0.05) is 10.9 Å². The number of H-pyrrole nitrogens is 1. The monoisotopic (exact) mass is 307 g/mol. The zero-order chi connectivity index (χ0) is 12.4. The van der Waals surface area contributed by atoms with Crippen molar-refractivity contribution in [3.05, 3.63) is 28.5 Å². The van der Waals surface area contributed by atoms with E-state index in [0.29, 0.717) is 0 Å². The van der Waals surface area contributed by atoms with Crippen molar-refractivity contribution in [2.45, 2.75) is 25.7 Å². The van der Waals surface area contributed by atoms with Crippen molar-refractivity contribution in [2.75, 3.05) is 13.1 Å². The molecule has 0 saturated carbocycles. The van der Waals surface area contributed by atoms with E-state index < -0.39 is 0 Å². The number of nitrogens with one attached hydrogen (secondary N) is 2. The van der Waals surface area contributed by atoms with Crippen molar-refractivity contribution >= 4 is 27.0 Å². The van der Waals surface area contributed by atoms with Gasteiger partial charge < -0.3 is 10.3 Å². The van der Waals surface area contributed by atoms with Crippen molar-refractivity contribution in [2.24, 2.45) is 5.92 Å². The fraction of sp³-hybridized carbons (Fsp3) is 0.500. The van der Waals surface area contributed by atoms with Crippen molar-refractivity contribution < 1.29 is 0 Å². The van der Waals surface area contributed by atoms with Gasteiger partial charge in [0.1, 0.15) is 11.3 Å². The lowest BCUT2D eigenvalue weighted by molar-refractivity contribution is 0.352. The highest BCUT2D eigenvalue weighted by Crippen LogP contribution is 2.23. The van der Waals surface area contributed by atoms with Crippen LogP contribution in [0.4, 0.5) is 0 Å². The van der Waals surface area contributed by atoms with Crippen LogP contribution in [0.15, 0.2) is 22.7 Å². The van der Waals surface area contributed by atoms with Gasteiger partial charge in [0.2, 0.25) is 0 Å². The molecule has 0 bridgehead atoms. The third kappa shape index (κ3) is 2.59. The Morgan fingerprint density at radius 3 is 2.89 bits per heavy atom. The molecule has 2 aromatic rings. The molecule has 1 aliphatic rings. The van der Waals surface area contributed by atoms with Crippen LogP contribution < -0.4 is 5.32 Å². The van der Waals surface area contributed by atoms with Gasteiger partial charge in [-0.3, -0.25) is 0 Å². The van der Waals surface area contributed by atoms with Gasteiger partial charge in [0.25, 0.3) is 0 Å². The molecule has 4 heteroatoms. The number of benzene rings is 1. The Morgan fingerprint density at radius 2 is 2.11 bits per heavy atom. The van der Waals surface area contributed by atoms with Gasteiger partial charge in [-0.15, -0.1) is 0 Å². The zero-order valence-electron chi connectivity index (χ0n) is 10.4. The summed E-state index contributed by atoms with van der Waals surface area (Å²) in [4.78, 5) is 8.10. The van der Waals surface area contributed by atoms with Crippen LogP contribution in [0, 0.1) is 5.92 Å². The normalized spacial score (nSPS) is 17.4. The van der Waals surface area contributed by atoms with E-state index in [9.17, 15) is 0 Å². The Balaban J connectivity index is 1.69. The molecule has 1 saturated heterocycles. The molecule has 18 heavy (non-hydrogen) atoms. The Labute approximate surface area is 116 Å². The molecule has 96 valence electrons. The molecule has 0 unspecified atom stereocenters. The number of piperidine rings is 1. The minimum absolute atomic E-state index is 0.864. The van der Waals surface area contributed by atoms with Crippen molar-refractivity contribution in [3.8, 4) is 0 Å². The van der Waals surface area contributed by atoms with E-state index in [0.717, 1.165) is 33.7 Å². The van der Waals surface area contributed by atoms with E-state index in [4.69, 9.17) is 0 Å². The largest absolute Gasteiger partial charge is 0.342 e. The first-order chi connectivity index (χ1) is 8.83. The number of nitrogens with zero attached hydrogens (tertiary/aromatic N) is 1. The second-order valence-electron chi connectivity index (χ2n) is 5.05. The van der Waals surface area contributed by atoms with Crippen LogP contribution in [-0.4, -0.2) is 23.1 Å². The lowest BCUT2D eigenvalue weighted by atomic mass is 9.93. The zero-order valence-corrected chi connectivity index (χ0v) is 12.0. The van der Waals surface area contributed by atoms with Gasteiger partial charge in [0.15, 0.2) is 0 Å². The number of rotatable bonds is 3. The molecule has 1 fully saturated rings. The summed E-state index contributed by atoms with van der Waals surface area (Å²) in [6.07, 6.45) is 4.93. The molecule has 3 rings (SSSR count). The molecule has 0 spiro atoms. The second kappa shape index (κ2) is 5.41. The highest BCUT2D eigenvalue weighted by molar-refractivity contribution is 9.10. The maximum atomic E-state index is 4.68. The van der Waals surface area contributed by atoms with E-state index in [1.807, 2.05) is 12.1 Å². The summed E-state index contributed by atoms with van der Waals surface area (Å²) < 4.78 is 1.07. The van der Waals surface area contributed by atoms with E-state index in [1.54, 1.807) is 0 Å². The smallest absolute Gasteiger partial charge is 0.107 e. The number of hydrogen-bond donors (Lipinski definition) is 2. The van der Waals surface area contributed by atoms with Crippen LogP contribution >= 0.6 is 15.9 Å². The lowest BCUT2D eigenvalue weighted by Gasteiger charge is -2.21. The Hall–Kier alpha value is -0.870. The molecule has 0 aliphatic carbocycles. The average molecular weight is 308 g/mol. The SMILES string of the molecule is Brc1cccc2[nH]c(CCC3CCNCC3)nc12. The number of para-hydroxylation sites is 1. The summed E-state index contributed by atoms with van der Waals surface area (Å²) in [5.41, 5.74) is 2.18. The topological polar surface area (TPSA) is 40.7 Å². The van der Waals surface area contributed by atoms with Crippen LogP contribution in [-0.2, 0) is 6.42 Å². The first-order valence-electron chi connectivity index (χ1n) is 6.67. The molecular formula is C14H18BrN3. The van der Waals surface area contributed by atoms with E-state index >= 15 is 0 Å². The number of halogens is 1. The minimum Gasteiger partial charge on any atom is -0.342 e. The summed E-state index contributed by atoms with van der Waals surface area (Å²) in [6.45, 7) is 2.35. The minimum atomic E-state index is 0.864. The Kier molecular flexibility index (Phi) is 3.66. The second-order valence-corrected chi connectivity index (χ2v) is 5.91. The van der Waals surface area contributed by atoms with Crippen LogP contribution in [0.2, 0.25) is 0 Å². The van der Waals surface area contributed by atoms with Crippen molar-refractivity contribution in [1.29, 1.82) is 0 Å². The number of fused-ring (bicyclic) bond motifs is 1. The van der Waals surface area contributed by atoms with E-state index in [1.165, 1.54) is 32.4 Å². The summed E-state index contributed by atoms with van der Waals surface area (Å²) in [5.74, 6) is 1.98. The first-order valence-corrected chi connectivity index (χ1v) is 7.46. The number of aromatic nitrogens is 2. The van der Waals surface area contributed by atoms with Gasteiger partial charge in [0.05, 0.1) is 5.52 Å². The Bertz CT molecular complexity index is 529. The molecule has 2 N–H and O–H groups in total. The number of aromatic amines is 1. The summed E-state index contributed by atoms with van der Waals surface area (Å²) in [6, 6.07) is 6.17. The van der Waals surface area contributed by atoms with Crippen LogP contribution in [0.25, 0.3) is 11.0 Å². The molecule has 0 amide bonds. The quantitative estimate of drug-likeness (QED) is 0.914. The van der Waals surface area contributed by atoms with Crippen LogP contribution in [0.1, 0.15) is 25.1 Å². The highest BCUT2D eigenvalue weighted by Gasteiger charge is 2.14. The fourth-order valence-corrected chi connectivity index (χ4v) is 3.13. The summed E-state index contributed by atoms with van der Waals surface area (Å²) in [5, 5.41) is 3.41. The molecule has 3 nitrogen and oxygen atoms in total. The first kappa shape index (κ1) is 12.2. The molecular weight excluding hydrogens is 290 g/mol. The predicted molar refractivity (Wildman–Crippen MR) is 77.7 cm³/mol. The highest BCUT2D eigenvalue weighted by atomic mass is 79.9. The fourth-order valence-electron chi connectivity index (χ4n) is 2.68. The molecule has 1 aliphatic heterocycles. The number of hydrogen-bond acceptors (Lipinski definition) is 2. The summed E-state index contributed by atoms with van der Waals surface area (Å²) in [7, 11) is 0. The van der Waals surface area contributed by atoms with Gasteiger partial charge in [-0.2, -0.15) is 0 Å². The molecule has 0 radical (unpaired) electrons. The maximum Gasteiger partial charge on any atom is 0.107 e. The van der Waals surface area contributed by atoms with Crippen LogP contribution in [0.5, 0.6) is 0 Å². The predicted octanol–water partition coefficient (Wildman–Crippen LogP) is 3.26. The number of aryl methyl sites for hydroxylation is 1. The van der Waals surface area contributed by atoms with Gasteiger partial charge in [-0.25, -0.2) is 4.98 Å². The van der Waals surface area contributed by atoms with Crippen LogP contribution in [0.3, 0.4) is 0 Å². The molecule has 1 aromatic carbocycles. The summed E-state index contributed by atoms with van der Waals surface area (Å²) >= 11 is 3.55. The maximum absolute atomic E-state index is 4.68. The molecule has 0 atom stereocenters. The van der Waals surface area contributed by atoms with E-state index in [2.05, 4.69) is 37.3 Å². The van der Waals surface area contributed by atoms with Crippen molar-refractivity contribution in [3.63, 3.8) is 0 Å². The average Bonchev–Trinajstić information content (AvgIpc) is 2.82. The Morgan fingerprint density at radius 1 is 1.28 bits per heavy atom. The van der Waals surface area contributed by atoms with E-state index in [-0.39, 0.29) is 0 Å². The molecule has 2 heterocycles. The van der Waals surface area contributed by atoms with Gasteiger partial charge in [-0.05, 0) is 66.3 Å². The van der Waals surface area contributed by atoms with Gasteiger partial charge in [-0.1, -0.05) is 6.07 Å². The molecule has 1 aromatic heterocycles. The third-order valence-electron chi connectivity index (χ3n) is 3.76. The number of imidazole rings is 1. The standard InChI is InChI=1S/C14H18BrN3/c15-11-2-1-3-12-14(11)18-13(17-12)5-4-10-6-8-16-9-7-10/h1-3,10,16H,4-9H2,(H,17,18). The lowest BCUT2D eigenvalue weighted by Crippen LogP contribution is -2.27. The third-order valence-corrected chi connectivity index (χ3v) is 4.40. The van der Waals surface area contributed by atoms with Gasteiger partial charge >= 0.3 is 0 Å². The van der Waals surface area contributed by atoms with Crippen molar-refractivity contribution in [1.82, 2.24) is 15.3 Å².